The van der Waals surface area contributed by atoms with Crippen LogP contribution < -0.4 is 0 Å². The van der Waals surface area contributed by atoms with Crippen molar-refractivity contribution in [2.45, 2.75) is 32.5 Å². The van der Waals surface area contributed by atoms with Gasteiger partial charge in [0.05, 0.1) is 0 Å². The lowest BCUT2D eigenvalue weighted by Gasteiger charge is -2.41. The van der Waals surface area contributed by atoms with Crippen LogP contribution in [0.2, 0.25) is 0 Å². The molecule has 0 amide bonds. The second kappa shape index (κ2) is 3.99. The fourth-order valence-electron chi connectivity index (χ4n) is 1.64. The van der Waals surface area contributed by atoms with E-state index in [1.165, 1.54) is 0 Å². The van der Waals surface area contributed by atoms with E-state index in [0.29, 0.717) is 17.8 Å². The molecular formula is C9H18O2S. The Bertz CT molecular complexity index is 147. The number of rotatable bonds is 1. The van der Waals surface area contributed by atoms with E-state index in [0.717, 1.165) is 0 Å². The Labute approximate surface area is 80.0 Å². The standard InChI is InChI=1S/C9H18O2S/c1-5-6(2)8(10-4)11-9(12)7(5)3/h5-9,12H,1-4H3. The minimum Gasteiger partial charge on any atom is -0.356 e. The highest BCUT2D eigenvalue weighted by molar-refractivity contribution is 7.80. The zero-order chi connectivity index (χ0) is 9.30. The maximum absolute atomic E-state index is 5.57. The van der Waals surface area contributed by atoms with Gasteiger partial charge in [0.2, 0.25) is 0 Å². The van der Waals surface area contributed by atoms with E-state index >= 15 is 0 Å². The summed E-state index contributed by atoms with van der Waals surface area (Å²) in [6.45, 7) is 6.56. The molecule has 1 aliphatic heterocycles. The van der Waals surface area contributed by atoms with Gasteiger partial charge < -0.3 is 9.47 Å². The van der Waals surface area contributed by atoms with Gasteiger partial charge in [-0.15, -0.1) is 12.6 Å². The van der Waals surface area contributed by atoms with Gasteiger partial charge in [0.15, 0.2) is 6.29 Å². The van der Waals surface area contributed by atoms with Gasteiger partial charge >= 0.3 is 0 Å². The molecule has 0 bridgehead atoms. The SMILES string of the molecule is COC1OC(S)C(C)C(C)C1C. The van der Waals surface area contributed by atoms with Crippen molar-refractivity contribution in [2.24, 2.45) is 17.8 Å². The molecule has 0 radical (unpaired) electrons. The monoisotopic (exact) mass is 190 g/mol. The highest BCUT2D eigenvalue weighted by Gasteiger charge is 2.37. The van der Waals surface area contributed by atoms with Crippen molar-refractivity contribution >= 4 is 12.6 Å². The molecule has 1 heterocycles. The molecule has 1 rings (SSSR count). The predicted octanol–water partition coefficient (Wildman–Crippen LogP) is 2.15. The molecule has 12 heavy (non-hydrogen) atoms. The molecule has 1 saturated heterocycles. The van der Waals surface area contributed by atoms with E-state index in [1.54, 1.807) is 7.11 Å². The first-order valence-corrected chi connectivity index (χ1v) is 4.96. The van der Waals surface area contributed by atoms with Gasteiger partial charge in [-0.2, -0.15) is 0 Å². The summed E-state index contributed by atoms with van der Waals surface area (Å²) in [7, 11) is 1.68. The maximum atomic E-state index is 5.57. The first-order valence-electron chi connectivity index (χ1n) is 4.44. The summed E-state index contributed by atoms with van der Waals surface area (Å²) in [5, 5.41) is 0. The van der Waals surface area contributed by atoms with Crippen LogP contribution in [-0.4, -0.2) is 18.8 Å². The Morgan fingerprint density at radius 2 is 1.67 bits per heavy atom. The van der Waals surface area contributed by atoms with Crippen LogP contribution in [0.5, 0.6) is 0 Å². The number of hydrogen-bond acceptors (Lipinski definition) is 3. The first-order chi connectivity index (χ1) is 5.57. The van der Waals surface area contributed by atoms with Crippen molar-refractivity contribution < 1.29 is 9.47 Å². The van der Waals surface area contributed by atoms with Gasteiger partial charge in [-0.3, -0.25) is 0 Å². The minimum absolute atomic E-state index is 0.0150. The topological polar surface area (TPSA) is 18.5 Å². The van der Waals surface area contributed by atoms with Gasteiger partial charge in [0.25, 0.3) is 0 Å². The van der Waals surface area contributed by atoms with Crippen LogP contribution in [0.15, 0.2) is 0 Å². The third-order valence-electron chi connectivity index (χ3n) is 3.04. The van der Waals surface area contributed by atoms with Gasteiger partial charge in [-0.25, -0.2) is 0 Å². The lowest BCUT2D eigenvalue weighted by atomic mass is 9.83. The Balaban J connectivity index is 2.63. The Kier molecular flexibility index (Phi) is 3.44. The third-order valence-corrected chi connectivity index (χ3v) is 3.64. The zero-order valence-corrected chi connectivity index (χ0v) is 9.04. The molecule has 5 unspecified atom stereocenters. The lowest BCUT2D eigenvalue weighted by molar-refractivity contribution is -0.213. The van der Waals surface area contributed by atoms with Crippen molar-refractivity contribution in [2.75, 3.05) is 7.11 Å². The molecule has 72 valence electrons. The Morgan fingerprint density at radius 1 is 1.08 bits per heavy atom. The van der Waals surface area contributed by atoms with Crippen molar-refractivity contribution in [3.63, 3.8) is 0 Å². The third kappa shape index (κ3) is 1.78. The molecule has 0 aromatic rings. The number of hydrogen-bond donors (Lipinski definition) is 1. The molecule has 0 aliphatic carbocycles. The lowest BCUT2D eigenvalue weighted by Crippen LogP contribution is -2.43. The molecule has 0 saturated carbocycles. The van der Waals surface area contributed by atoms with Crippen LogP contribution in [0, 0.1) is 17.8 Å². The molecule has 0 N–H and O–H groups in total. The number of thiol groups is 1. The summed E-state index contributed by atoms with van der Waals surface area (Å²) >= 11 is 4.37. The van der Waals surface area contributed by atoms with Crippen molar-refractivity contribution in [3.8, 4) is 0 Å². The van der Waals surface area contributed by atoms with Crippen molar-refractivity contribution in [1.82, 2.24) is 0 Å². The first kappa shape index (κ1) is 10.4. The molecule has 1 fully saturated rings. The van der Waals surface area contributed by atoms with E-state index in [1.807, 2.05) is 0 Å². The van der Waals surface area contributed by atoms with Crippen LogP contribution in [0.1, 0.15) is 20.8 Å². The maximum Gasteiger partial charge on any atom is 0.161 e. The van der Waals surface area contributed by atoms with E-state index < -0.39 is 0 Å². The molecule has 0 aromatic carbocycles. The minimum atomic E-state index is -0.0845. The normalized spacial score (nSPS) is 49.2. The van der Waals surface area contributed by atoms with Crippen molar-refractivity contribution in [3.05, 3.63) is 0 Å². The molecule has 0 spiro atoms. The molecule has 1 aliphatic rings. The van der Waals surface area contributed by atoms with E-state index in [2.05, 4.69) is 33.4 Å². The summed E-state index contributed by atoms with van der Waals surface area (Å²) < 4.78 is 10.8. The molecule has 0 aromatic heterocycles. The van der Waals surface area contributed by atoms with Crippen LogP contribution in [0.3, 0.4) is 0 Å². The second-order valence-electron chi connectivity index (χ2n) is 3.71. The molecule has 2 nitrogen and oxygen atoms in total. The summed E-state index contributed by atoms with van der Waals surface area (Å²) in [5.41, 5.74) is 0.0150. The summed E-state index contributed by atoms with van der Waals surface area (Å²) in [6.07, 6.45) is -0.0845. The van der Waals surface area contributed by atoms with E-state index in [4.69, 9.17) is 9.47 Å². The van der Waals surface area contributed by atoms with Crippen LogP contribution in [0.25, 0.3) is 0 Å². The average molecular weight is 190 g/mol. The fraction of sp³-hybridized carbons (Fsp3) is 1.00. The molecule has 5 atom stereocenters. The Hall–Kier alpha value is 0.270. The Morgan fingerprint density at radius 3 is 2.17 bits per heavy atom. The number of ether oxygens (including phenoxy) is 2. The second-order valence-corrected chi connectivity index (χ2v) is 4.22. The largest absolute Gasteiger partial charge is 0.356 e. The predicted molar refractivity (Wildman–Crippen MR) is 52.1 cm³/mol. The van der Waals surface area contributed by atoms with E-state index in [9.17, 15) is 0 Å². The highest BCUT2D eigenvalue weighted by atomic mass is 32.1. The van der Waals surface area contributed by atoms with E-state index in [-0.39, 0.29) is 11.7 Å². The summed E-state index contributed by atoms with van der Waals surface area (Å²) in [4.78, 5) is 0. The smallest absolute Gasteiger partial charge is 0.161 e. The van der Waals surface area contributed by atoms with Crippen LogP contribution >= 0.6 is 12.6 Å². The summed E-state index contributed by atoms with van der Waals surface area (Å²) in [5.74, 6) is 1.55. The number of methoxy groups -OCH3 is 1. The fourth-order valence-corrected chi connectivity index (χ4v) is 2.03. The quantitative estimate of drug-likeness (QED) is 0.639. The summed E-state index contributed by atoms with van der Waals surface area (Å²) in [6, 6.07) is 0. The highest BCUT2D eigenvalue weighted by Crippen LogP contribution is 2.36. The molecule has 3 heteroatoms. The van der Waals surface area contributed by atoms with Gasteiger partial charge in [0.1, 0.15) is 5.44 Å². The van der Waals surface area contributed by atoms with Crippen molar-refractivity contribution in [1.29, 1.82) is 0 Å². The zero-order valence-electron chi connectivity index (χ0n) is 8.15. The average Bonchev–Trinajstić information content (AvgIpc) is 2.08. The van der Waals surface area contributed by atoms with Gasteiger partial charge in [-0.05, 0) is 11.8 Å². The van der Waals surface area contributed by atoms with Crippen LogP contribution in [0.4, 0.5) is 0 Å². The molecular weight excluding hydrogens is 172 g/mol. The van der Waals surface area contributed by atoms with Gasteiger partial charge in [-0.1, -0.05) is 20.8 Å². The van der Waals surface area contributed by atoms with Crippen LogP contribution in [-0.2, 0) is 9.47 Å². The van der Waals surface area contributed by atoms with Gasteiger partial charge in [0, 0.05) is 13.0 Å².